The van der Waals surface area contributed by atoms with Gasteiger partial charge >= 0.3 is 0 Å². The van der Waals surface area contributed by atoms with E-state index in [9.17, 15) is 0 Å². The summed E-state index contributed by atoms with van der Waals surface area (Å²) in [6, 6.07) is 0. The molecule has 1 heteroatoms. The van der Waals surface area contributed by atoms with Gasteiger partial charge in [-0.1, -0.05) is 13.8 Å². The van der Waals surface area contributed by atoms with Gasteiger partial charge in [0, 0.05) is 7.11 Å². The van der Waals surface area contributed by atoms with Gasteiger partial charge in [0.15, 0.2) is 0 Å². The van der Waals surface area contributed by atoms with Gasteiger partial charge in [0.2, 0.25) is 0 Å². The first kappa shape index (κ1) is 7.07. The average Bonchev–Trinajstić information content (AvgIpc) is 2.15. The summed E-state index contributed by atoms with van der Waals surface area (Å²) in [5.74, 6) is 1.64. The molecule has 3 unspecified atom stereocenters. The minimum atomic E-state index is 0.542. The maximum Gasteiger partial charge on any atom is 0.0599 e. The highest BCUT2D eigenvalue weighted by molar-refractivity contribution is 4.79. The molecule has 1 saturated carbocycles. The van der Waals surface area contributed by atoms with Crippen LogP contribution in [-0.2, 0) is 4.74 Å². The first-order chi connectivity index (χ1) is 4.25. The lowest BCUT2D eigenvalue weighted by atomic mass is 9.99. The molecule has 0 amide bonds. The highest BCUT2D eigenvalue weighted by Crippen LogP contribution is 2.32. The summed E-state index contributed by atoms with van der Waals surface area (Å²) in [5, 5.41) is 0. The molecule has 9 heavy (non-hydrogen) atoms. The largest absolute Gasteiger partial charge is 0.381 e. The number of ether oxygens (including phenoxy) is 1. The Balaban J connectivity index is 2.41. The van der Waals surface area contributed by atoms with E-state index in [1.807, 2.05) is 7.11 Å². The van der Waals surface area contributed by atoms with Crippen LogP contribution in [0.3, 0.4) is 0 Å². The molecule has 1 aliphatic carbocycles. The van der Waals surface area contributed by atoms with Crippen molar-refractivity contribution in [3.05, 3.63) is 0 Å². The normalized spacial score (nSPS) is 43.7. The van der Waals surface area contributed by atoms with Gasteiger partial charge in [-0.15, -0.1) is 0 Å². The van der Waals surface area contributed by atoms with Crippen molar-refractivity contribution in [2.75, 3.05) is 7.11 Å². The monoisotopic (exact) mass is 128 g/mol. The summed E-state index contributed by atoms with van der Waals surface area (Å²) in [6.45, 7) is 4.59. The van der Waals surface area contributed by atoms with Crippen LogP contribution in [0.15, 0.2) is 0 Å². The predicted octanol–water partition coefficient (Wildman–Crippen LogP) is 2.07. The van der Waals surface area contributed by atoms with Crippen LogP contribution in [0.1, 0.15) is 26.7 Å². The number of rotatable bonds is 1. The maximum absolute atomic E-state index is 5.29. The molecule has 3 atom stereocenters. The number of hydrogen-bond acceptors (Lipinski definition) is 1. The SMILES string of the molecule is COC1CCC(C)C1C. The van der Waals surface area contributed by atoms with Crippen molar-refractivity contribution < 1.29 is 4.74 Å². The van der Waals surface area contributed by atoms with Gasteiger partial charge in [0.25, 0.3) is 0 Å². The van der Waals surface area contributed by atoms with Crippen LogP contribution in [0.2, 0.25) is 0 Å². The zero-order valence-electron chi connectivity index (χ0n) is 6.55. The molecule has 0 aromatic rings. The Morgan fingerprint density at radius 3 is 2.11 bits per heavy atom. The molecule has 0 heterocycles. The van der Waals surface area contributed by atoms with E-state index in [0.717, 1.165) is 11.8 Å². The van der Waals surface area contributed by atoms with Gasteiger partial charge in [-0.3, -0.25) is 0 Å². The van der Waals surface area contributed by atoms with E-state index in [2.05, 4.69) is 13.8 Å². The summed E-state index contributed by atoms with van der Waals surface area (Å²) in [6.07, 6.45) is 3.15. The van der Waals surface area contributed by atoms with Gasteiger partial charge in [0.1, 0.15) is 0 Å². The fraction of sp³-hybridized carbons (Fsp3) is 1.00. The molecule has 0 spiro atoms. The quantitative estimate of drug-likeness (QED) is 0.525. The molecule has 1 fully saturated rings. The molecule has 1 aliphatic rings. The predicted molar refractivity (Wildman–Crippen MR) is 38.4 cm³/mol. The first-order valence-electron chi connectivity index (χ1n) is 3.78. The summed E-state index contributed by atoms with van der Waals surface area (Å²) in [7, 11) is 1.82. The molecule has 0 aromatic heterocycles. The Bertz CT molecular complexity index is 90.6. The zero-order valence-corrected chi connectivity index (χ0v) is 6.55. The van der Waals surface area contributed by atoms with Crippen LogP contribution in [0, 0.1) is 11.8 Å². The fourth-order valence-corrected chi connectivity index (χ4v) is 1.65. The molecule has 0 aliphatic heterocycles. The van der Waals surface area contributed by atoms with E-state index in [0.29, 0.717) is 6.10 Å². The van der Waals surface area contributed by atoms with Crippen molar-refractivity contribution in [1.82, 2.24) is 0 Å². The Kier molecular flexibility index (Phi) is 2.12. The van der Waals surface area contributed by atoms with E-state index in [1.54, 1.807) is 0 Å². The van der Waals surface area contributed by atoms with Gasteiger partial charge in [-0.05, 0) is 24.7 Å². The third-order valence-electron chi connectivity index (χ3n) is 2.69. The van der Waals surface area contributed by atoms with Gasteiger partial charge in [-0.25, -0.2) is 0 Å². The van der Waals surface area contributed by atoms with Crippen LogP contribution in [0.4, 0.5) is 0 Å². The van der Waals surface area contributed by atoms with Crippen molar-refractivity contribution >= 4 is 0 Å². The molecule has 0 aromatic carbocycles. The summed E-state index contributed by atoms with van der Waals surface area (Å²) >= 11 is 0. The van der Waals surface area contributed by atoms with E-state index < -0.39 is 0 Å². The third-order valence-corrected chi connectivity index (χ3v) is 2.69. The Morgan fingerprint density at radius 2 is 1.89 bits per heavy atom. The summed E-state index contributed by atoms with van der Waals surface area (Å²) in [5.41, 5.74) is 0. The number of hydrogen-bond donors (Lipinski definition) is 0. The van der Waals surface area contributed by atoms with E-state index in [4.69, 9.17) is 4.74 Å². The fourth-order valence-electron chi connectivity index (χ4n) is 1.65. The molecule has 0 saturated heterocycles. The van der Waals surface area contributed by atoms with E-state index in [1.165, 1.54) is 12.8 Å². The molecular weight excluding hydrogens is 112 g/mol. The second-order valence-electron chi connectivity index (χ2n) is 3.19. The van der Waals surface area contributed by atoms with Crippen molar-refractivity contribution in [1.29, 1.82) is 0 Å². The minimum Gasteiger partial charge on any atom is -0.381 e. The summed E-state index contributed by atoms with van der Waals surface area (Å²) in [4.78, 5) is 0. The van der Waals surface area contributed by atoms with Crippen molar-refractivity contribution in [3.63, 3.8) is 0 Å². The minimum absolute atomic E-state index is 0.542. The van der Waals surface area contributed by atoms with Crippen LogP contribution in [0.5, 0.6) is 0 Å². The topological polar surface area (TPSA) is 9.23 Å². The van der Waals surface area contributed by atoms with Gasteiger partial charge in [-0.2, -0.15) is 0 Å². The highest BCUT2D eigenvalue weighted by Gasteiger charge is 2.29. The maximum atomic E-state index is 5.29. The first-order valence-corrected chi connectivity index (χ1v) is 3.78. The Hall–Kier alpha value is -0.0400. The molecule has 0 radical (unpaired) electrons. The van der Waals surface area contributed by atoms with Gasteiger partial charge < -0.3 is 4.74 Å². The second-order valence-corrected chi connectivity index (χ2v) is 3.19. The Morgan fingerprint density at radius 1 is 1.22 bits per heavy atom. The third kappa shape index (κ3) is 1.26. The average molecular weight is 128 g/mol. The standard InChI is InChI=1S/C8H16O/c1-6-4-5-8(9-3)7(6)2/h6-8H,4-5H2,1-3H3. The molecular formula is C8H16O. The van der Waals surface area contributed by atoms with Crippen LogP contribution >= 0.6 is 0 Å². The lowest BCUT2D eigenvalue weighted by molar-refractivity contribution is 0.0700. The van der Waals surface area contributed by atoms with Crippen LogP contribution in [0.25, 0.3) is 0 Å². The van der Waals surface area contributed by atoms with E-state index in [-0.39, 0.29) is 0 Å². The van der Waals surface area contributed by atoms with Crippen molar-refractivity contribution in [2.24, 2.45) is 11.8 Å². The molecule has 1 nitrogen and oxygen atoms in total. The lowest BCUT2D eigenvalue weighted by Gasteiger charge is -2.15. The smallest absolute Gasteiger partial charge is 0.0599 e. The number of methoxy groups -OCH3 is 1. The molecule has 1 rings (SSSR count). The Labute approximate surface area is 57.4 Å². The summed E-state index contributed by atoms with van der Waals surface area (Å²) < 4.78 is 5.29. The molecule has 0 N–H and O–H groups in total. The molecule has 0 bridgehead atoms. The lowest BCUT2D eigenvalue weighted by Crippen LogP contribution is -2.16. The zero-order chi connectivity index (χ0) is 6.85. The van der Waals surface area contributed by atoms with E-state index >= 15 is 0 Å². The highest BCUT2D eigenvalue weighted by atomic mass is 16.5. The molecule has 54 valence electrons. The van der Waals surface area contributed by atoms with Crippen molar-refractivity contribution in [3.8, 4) is 0 Å². The second kappa shape index (κ2) is 2.70. The van der Waals surface area contributed by atoms with Crippen LogP contribution in [-0.4, -0.2) is 13.2 Å². The van der Waals surface area contributed by atoms with Crippen molar-refractivity contribution in [2.45, 2.75) is 32.8 Å². The van der Waals surface area contributed by atoms with Crippen LogP contribution < -0.4 is 0 Å². The van der Waals surface area contributed by atoms with Gasteiger partial charge in [0.05, 0.1) is 6.10 Å².